The van der Waals surface area contributed by atoms with Crippen LogP contribution < -0.4 is 10.6 Å². The van der Waals surface area contributed by atoms with Crippen molar-refractivity contribution >= 4 is 17.7 Å². The Kier molecular flexibility index (Phi) is 8.56. The molecular formula is C28H36F2N6O3. The van der Waals surface area contributed by atoms with Crippen molar-refractivity contribution in [3.05, 3.63) is 59.4 Å². The van der Waals surface area contributed by atoms with Crippen LogP contribution in [0.1, 0.15) is 42.7 Å². The summed E-state index contributed by atoms with van der Waals surface area (Å²) in [5, 5.41) is 6.10. The number of urea groups is 2. The fraction of sp³-hybridized carbons (Fsp3) is 0.536. The first kappa shape index (κ1) is 27.3. The highest BCUT2D eigenvalue weighted by atomic mass is 19.2. The lowest BCUT2D eigenvalue weighted by atomic mass is 9.93. The fourth-order valence-corrected chi connectivity index (χ4v) is 5.95. The second-order valence-corrected chi connectivity index (χ2v) is 10.6. The van der Waals surface area contributed by atoms with Gasteiger partial charge >= 0.3 is 12.1 Å². The molecule has 9 nitrogen and oxygen atoms in total. The van der Waals surface area contributed by atoms with Gasteiger partial charge in [0.05, 0.1) is 18.5 Å². The Hall–Kier alpha value is -3.31. The number of nitrogens with zero attached hydrogens (tertiary/aromatic N) is 4. The number of benzene rings is 1. The molecule has 0 saturated carbocycles. The number of rotatable bonds is 6. The minimum absolute atomic E-state index is 0.0553. The van der Waals surface area contributed by atoms with Gasteiger partial charge in [-0.3, -0.25) is 9.88 Å². The molecule has 1 aromatic carbocycles. The molecule has 2 saturated heterocycles. The molecule has 2 N–H and O–H groups in total. The lowest BCUT2D eigenvalue weighted by Crippen LogP contribution is -2.54. The van der Waals surface area contributed by atoms with Crippen molar-refractivity contribution in [1.29, 1.82) is 0 Å². The molecule has 2 aromatic rings. The van der Waals surface area contributed by atoms with Crippen LogP contribution in [0.4, 0.5) is 24.1 Å². The highest BCUT2D eigenvalue weighted by Gasteiger charge is 2.34. The maximum absolute atomic E-state index is 14.6. The smallest absolute Gasteiger partial charge is 0.322 e. The molecule has 3 aliphatic heterocycles. The number of methoxy groups -OCH3 is 1. The van der Waals surface area contributed by atoms with Crippen LogP contribution in [0.2, 0.25) is 0 Å². The monoisotopic (exact) mass is 542 g/mol. The largest absolute Gasteiger partial charge is 0.383 e. The summed E-state index contributed by atoms with van der Waals surface area (Å²) >= 11 is 0. The molecular weight excluding hydrogens is 506 g/mol. The third-order valence-corrected chi connectivity index (χ3v) is 8.13. The molecule has 39 heavy (non-hydrogen) atoms. The Morgan fingerprint density at radius 1 is 1.15 bits per heavy atom. The number of aromatic nitrogens is 1. The van der Waals surface area contributed by atoms with Crippen molar-refractivity contribution in [1.82, 2.24) is 25.0 Å². The Balaban J connectivity index is 1.17. The van der Waals surface area contributed by atoms with Crippen LogP contribution in [-0.4, -0.2) is 90.3 Å². The summed E-state index contributed by atoms with van der Waals surface area (Å²) in [6.07, 6.45) is 6.09. The van der Waals surface area contributed by atoms with Gasteiger partial charge in [-0.05, 0) is 54.9 Å². The minimum Gasteiger partial charge on any atom is -0.383 e. The molecule has 0 radical (unpaired) electrons. The van der Waals surface area contributed by atoms with E-state index in [2.05, 4.69) is 20.5 Å². The van der Waals surface area contributed by atoms with Gasteiger partial charge in [-0.2, -0.15) is 0 Å². The molecule has 210 valence electrons. The number of anilines is 1. The molecule has 1 aromatic heterocycles. The maximum atomic E-state index is 14.6. The van der Waals surface area contributed by atoms with Gasteiger partial charge in [0, 0.05) is 64.7 Å². The van der Waals surface area contributed by atoms with Crippen LogP contribution in [0.15, 0.2) is 36.7 Å². The van der Waals surface area contributed by atoms with Crippen molar-refractivity contribution in [2.24, 2.45) is 0 Å². The molecule has 2 fully saturated rings. The van der Waals surface area contributed by atoms with Crippen LogP contribution in [0.25, 0.3) is 0 Å². The zero-order valence-electron chi connectivity index (χ0n) is 22.2. The van der Waals surface area contributed by atoms with E-state index in [4.69, 9.17) is 4.74 Å². The Morgan fingerprint density at radius 2 is 1.97 bits per heavy atom. The predicted molar refractivity (Wildman–Crippen MR) is 142 cm³/mol. The molecule has 4 amide bonds. The number of nitrogens with one attached hydrogen (secondary N) is 2. The zero-order valence-corrected chi connectivity index (χ0v) is 22.2. The number of halogens is 2. The van der Waals surface area contributed by atoms with Crippen molar-refractivity contribution in [2.75, 3.05) is 51.8 Å². The summed E-state index contributed by atoms with van der Waals surface area (Å²) in [6, 6.07) is 5.94. The highest BCUT2D eigenvalue weighted by Crippen LogP contribution is 2.30. The Morgan fingerprint density at radius 3 is 2.77 bits per heavy atom. The zero-order chi connectivity index (χ0) is 27.4. The number of amides is 4. The number of ether oxygens (including phenoxy) is 1. The third-order valence-electron chi connectivity index (χ3n) is 8.13. The Labute approximate surface area is 227 Å². The first-order valence-corrected chi connectivity index (χ1v) is 13.6. The van der Waals surface area contributed by atoms with Crippen LogP contribution in [0, 0.1) is 11.6 Å². The van der Waals surface area contributed by atoms with E-state index in [1.165, 1.54) is 0 Å². The van der Waals surface area contributed by atoms with Gasteiger partial charge in [-0.25, -0.2) is 18.4 Å². The Bertz CT molecular complexity index is 1180. The molecule has 0 unspecified atom stereocenters. The molecule has 4 heterocycles. The van der Waals surface area contributed by atoms with Gasteiger partial charge in [0.25, 0.3) is 0 Å². The van der Waals surface area contributed by atoms with Gasteiger partial charge in [0.15, 0.2) is 11.6 Å². The first-order valence-electron chi connectivity index (χ1n) is 13.6. The average Bonchev–Trinajstić information content (AvgIpc) is 3.15. The van der Waals surface area contributed by atoms with Crippen LogP contribution in [0.3, 0.4) is 0 Å². The number of carbonyl (C=O) groups excluding carboxylic acids is 2. The van der Waals surface area contributed by atoms with E-state index in [-0.39, 0.29) is 30.1 Å². The number of piperidine rings is 1. The summed E-state index contributed by atoms with van der Waals surface area (Å²) in [6.45, 7) is 3.98. The second-order valence-electron chi connectivity index (χ2n) is 10.6. The number of pyridine rings is 1. The van der Waals surface area contributed by atoms with Crippen molar-refractivity contribution in [3.63, 3.8) is 0 Å². The van der Waals surface area contributed by atoms with Crippen LogP contribution >= 0.6 is 0 Å². The molecule has 2 atom stereocenters. The lowest BCUT2D eigenvalue weighted by Gasteiger charge is -2.40. The SMILES string of the molecule is COCCN1C[C@H](NC(=O)N2CCC(N3Cc4ccncc4NC3=O)CC2)CC[C@@H](c2cccc(F)c2F)C1. The van der Waals surface area contributed by atoms with Gasteiger partial charge in [-0.15, -0.1) is 0 Å². The van der Waals surface area contributed by atoms with Gasteiger partial charge in [0.1, 0.15) is 0 Å². The highest BCUT2D eigenvalue weighted by molar-refractivity contribution is 5.92. The van der Waals surface area contributed by atoms with Crippen molar-refractivity contribution < 1.29 is 23.1 Å². The van der Waals surface area contributed by atoms with Gasteiger partial charge in [-0.1, -0.05) is 12.1 Å². The van der Waals surface area contributed by atoms with E-state index in [9.17, 15) is 18.4 Å². The standard InChI is InChI=1S/C28H36F2N6O3/c1-39-14-13-34-16-19(23-3-2-4-24(29)26(23)30)5-6-21(18-34)32-27(37)35-11-8-22(9-12-35)36-17-20-7-10-31-15-25(20)33-28(36)38/h2-4,7,10,15,19,21-22H,5-6,8-9,11-14,16-18H2,1H3,(H,32,37)(H,33,38)/t19-,21-/m1/s1. The van der Waals surface area contributed by atoms with E-state index in [0.717, 1.165) is 17.3 Å². The van der Waals surface area contributed by atoms with E-state index in [1.807, 2.05) is 15.9 Å². The number of fused-ring (bicyclic) bond motifs is 1. The minimum atomic E-state index is -0.836. The lowest BCUT2D eigenvalue weighted by molar-refractivity contribution is 0.123. The number of carbonyl (C=O) groups is 2. The maximum Gasteiger partial charge on any atom is 0.322 e. The van der Waals surface area contributed by atoms with Crippen LogP contribution in [-0.2, 0) is 11.3 Å². The van der Waals surface area contributed by atoms with E-state index in [1.54, 1.807) is 31.6 Å². The van der Waals surface area contributed by atoms with E-state index in [0.29, 0.717) is 77.1 Å². The summed E-state index contributed by atoms with van der Waals surface area (Å²) < 4.78 is 33.8. The van der Waals surface area contributed by atoms with Gasteiger partial charge < -0.3 is 25.2 Å². The average molecular weight is 543 g/mol. The quantitative estimate of drug-likeness (QED) is 0.580. The summed E-state index contributed by atoms with van der Waals surface area (Å²) in [4.78, 5) is 35.8. The number of likely N-dealkylation sites (tertiary alicyclic amines) is 2. The third kappa shape index (κ3) is 6.30. The summed E-state index contributed by atoms with van der Waals surface area (Å²) in [5.41, 5.74) is 2.17. The number of hydrogen-bond acceptors (Lipinski definition) is 5. The van der Waals surface area contributed by atoms with E-state index < -0.39 is 11.6 Å². The van der Waals surface area contributed by atoms with Crippen molar-refractivity contribution in [2.45, 2.75) is 50.2 Å². The number of hydrogen-bond donors (Lipinski definition) is 2. The summed E-state index contributed by atoms with van der Waals surface area (Å²) in [7, 11) is 1.63. The molecule has 3 aliphatic rings. The summed E-state index contributed by atoms with van der Waals surface area (Å²) in [5.74, 6) is -1.80. The molecule has 5 rings (SSSR count). The normalized spacial score (nSPS) is 22.7. The van der Waals surface area contributed by atoms with Crippen molar-refractivity contribution in [3.8, 4) is 0 Å². The topological polar surface area (TPSA) is 90.0 Å². The fourth-order valence-electron chi connectivity index (χ4n) is 5.95. The van der Waals surface area contributed by atoms with Crippen LogP contribution in [0.5, 0.6) is 0 Å². The molecule has 0 bridgehead atoms. The van der Waals surface area contributed by atoms with E-state index >= 15 is 0 Å². The van der Waals surface area contributed by atoms with Gasteiger partial charge in [0.2, 0.25) is 0 Å². The first-order chi connectivity index (χ1) is 18.9. The second kappa shape index (κ2) is 12.3. The molecule has 0 aliphatic carbocycles. The molecule has 11 heteroatoms. The molecule has 0 spiro atoms. The predicted octanol–water partition coefficient (Wildman–Crippen LogP) is 3.78.